The lowest BCUT2D eigenvalue weighted by Gasteiger charge is -2.35. The molecule has 2 aliphatic rings. The van der Waals surface area contributed by atoms with Crippen molar-refractivity contribution < 1.29 is 14.3 Å². The quantitative estimate of drug-likeness (QED) is 0.637. The van der Waals surface area contributed by atoms with E-state index in [4.69, 9.17) is 9.47 Å². The molecule has 0 radical (unpaired) electrons. The molecule has 0 atom stereocenters. The number of likely N-dealkylation sites (N-methyl/N-ethyl adjacent to an activating group) is 1. The molecule has 5 nitrogen and oxygen atoms in total. The number of carbonyl (C=O) groups is 1. The molecule has 14 heavy (non-hydrogen) atoms. The van der Waals surface area contributed by atoms with Crippen molar-refractivity contribution in [2.45, 2.75) is 6.04 Å². The maximum absolute atomic E-state index is 11.8. The van der Waals surface area contributed by atoms with Gasteiger partial charge in [0, 0.05) is 20.1 Å². The van der Waals surface area contributed by atoms with Crippen molar-refractivity contribution in [3.05, 3.63) is 12.0 Å². The van der Waals surface area contributed by atoms with Crippen LogP contribution < -0.4 is 5.32 Å². The van der Waals surface area contributed by atoms with Gasteiger partial charge in [-0.05, 0) is 0 Å². The van der Waals surface area contributed by atoms with Gasteiger partial charge in [0.1, 0.15) is 19.5 Å². The lowest BCUT2D eigenvalue weighted by molar-refractivity contribution is -0.133. The minimum Gasteiger partial charge on any atom is -0.494 e. The summed E-state index contributed by atoms with van der Waals surface area (Å²) in [6.07, 6.45) is 1.40. The molecule has 0 bridgehead atoms. The van der Waals surface area contributed by atoms with Crippen LogP contribution in [0, 0.1) is 0 Å². The zero-order valence-corrected chi connectivity index (χ0v) is 8.16. The van der Waals surface area contributed by atoms with Crippen molar-refractivity contribution >= 4 is 5.91 Å². The SMILES string of the molecule is CN(C(=O)C1=COCCO1)C1CNC1. The third-order valence-electron chi connectivity index (χ3n) is 2.49. The van der Waals surface area contributed by atoms with Gasteiger partial charge in [-0.15, -0.1) is 0 Å². The molecule has 2 rings (SSSR count). The predicted octanol–water partition coefficient (Wildman–Crippen LogP) is -0.695. The number of hydrogen-bond donors (Lipinski definition) is 1. The minimum absolute atomic E-state index is 0.101. The highest BCUT2D eigenvalue weighted by Gasteiger charge is 2.28. The van der Waals surface area contributed by atoms with Crippen LogP contribution in [0.4, 0.5) is 0 Å². The van der Waals surface area contributed by atoms with E-state index in [1.807, 2.05) is 0 Å². The second kappa shape index (κ2) is 3.88. The molecule has 1 amide bonds. The van der Waals surface area contributed by atoms with E-state index < -0.39 is 0 Å². The van der Waals surface area contributed by atoms with Gasteiger partial charge in [0.2, 0.25) is 5.76 Å². The van der Waals surface area contributed by atoms with Gasteiger partial charge >= 0.3 is 0 Å². The first-order valence-corrected chi connectivity index (χ1v) is 4.71. The summed E-state index contributed by atoms with van der Waals surface area (Å²) in [5, 5.41) is 3.11. The van der Waals surface area contributed by atoms with Crippen LogP contribution in [0.25, 0.3) is 0 Å². The first-order valence-electron chi connectivity index (χ1n) is 4.71. The normalized spacial score (nSPS) is 21.4. The fourth-order valence-electron chi connectivity index (χ4n) is 1.37. The van der Waals surface area contributed by atoms with Crippen molar-refractivity contribution in [3.8, 4) is 0 Å². The molecule has 0 unspecified atom stereocenters. The van der Waals surface area contributed by atoms with Gasteiger partial charge in [0.25, 0.3) is 5.91 Å². The van der Waals surface area contributed by atoms with Gasteiger partial charge in [-0.25, -0.2) is 0 Å². The van der Waals surface area contributed by atoms with E-state index in [9.17, 15) is 4.79 Å². The number of carbonyl (C=O) groups excluding carboxylic acids is 1. The van der Waals surface area contributed by atoms with Crippen molar-refractivity contribution in [2.24, 2.45) is 0 Å². The standard InChI is InChI=1S/C9H14N2O3/c1-11(7-4-10-5-7)9(12)8-6-13-2-3-14-8/h6-7,10H,2-5H2,1H3. The fraction of sp³-hybridized carbons (Fsp3) is 0.667. The van der Waals surface area contributed by atoms with Crippen LogP contribution in [0.15, 0.2) is 12.0 Å². The van der Waals surface area contributed by atoms with Gasteiger partial charge in [-0.2, -0.15) is 0 Å². The Morgan fingerprint density at radius 1 is 1.57 bits per heavy atom. The highest BCUT2D eigenvalue weighted by Crippen LogP contribution is 2.11. The molecule has 2 heterocycles. The van der Waals surface area contributed by atoms with E-state index in [1.54, 1.807) is 11.9 Å². The molecule has 1 N–H and O–H groups in total. The number of nitrogens with one attached hydrogen (secondary N) is 1. The van der Waals surface area contributed by atoms with Gasteiger partial charge in [0.05, 0.1) is 6.04 Å². The Labute approximate surface area is 82.7 Å². The molecule has 0 aromatic heterocycles. The maximum Gasteiger partial charge on any atom is 0.292 e. The summed E-state index contributed by atoms with van der Waals surface area (Å²) >= 11 is 0. The van der Waals surface area contributed by atoms with Crippen LogP contribution in [0.3, 0.4) is 0 Å². The maximum atomic E-state index is 11.8. The Hall–Kier alpha value is -1.23. The van der Waals surface area contributed by atoms with E-state index in [1.165, 1.54) is 6.26 Å². The molecule has 0 aliphatic carbocycles. The molecular formula is C9H14N2O3. The van der Waals surface area contributed by atoms with Gasteiger partial charge in [-0.1, -0.05) is 0 Å². The first-order chi connectivity index (χ1) is 6.79. The molecule has 0 saturated carbocycles. The van der Waals surface area contributed by atoms with Gasteiger partial charge in [-0.3, -0.25) is 4.79 Å². The highest BCUT2D eigenvalue weighted by molar-refractivity contribution is 5.91. The molecule has 0 aromatic carbocycles. The number of nitrogens with zero attached hydrogens (tertiary/aromatic N) is 1. The number of rotatable bonds is 2. The Morgan fingerprint density at radius 2 is 2.36 bits per heavy atom. The molecule has 0 aromatic rings. The zero-order chi connectivity index (χ0) is 9.97. The third-order valence-corrected chi connectivity index (χ3v) is 2.49. The molecule has 78 valence electrons. The lowest BCUT2D eigenvalue weighted by atomic mass is 10.1. The van der Waals surface area contributed by atoms with Crippen LogP contribution in [-0.2, 0) is 14.3 Å². The Balaban J connectivity index is 1.95. The predicted molar refractivity (Wildman–Crippen MR) is 49.4 cm³/mol. The zero-order valence-electron chi connectivity index (χ0n) is 8.16. The fourth-order valence-corrected chi connectivity index (χ4v) is 1.37. The number of amides is 1. The third kappa shape index (κ3) is 1.68. The van der Waals surface area contributed by atoms with Crippen LogP contribution in [0.2, 0.25) is 0 Å². The van der Waals surface area contributed by atoms with E-state index in [2.05, 4.69) is 5.32 Å². The average Bonchev–Trinajstić information content (AvgIpc) is 2.15. The average molecular weight is 198 g/mol. The first kappa shape index (κ1) is 9.33. The second-order valence-electron chi connectivity index (χ2n) is 3.43. The Kier molecular flexibility index (Phi) is 2.58. The Morgan fingerprint density at radius 3 is 2.86 bits per heavy atom. The molecule has 5 heteroatoms. The van der Waals surface area contributed by atoms with Crippen LogP contribution in [-0.4, -0.2) is 50.2 Å². The molecule has 0 spiro atoms. The smallest absolute Gasteiger partial charge is 0.292 e. The van der Waals surface area contributed by atoms with E-state index in [-0.39, 0.29) is 11.9 Å². The van der Waals surface area contributed by atoms with Gasteiger partial charge in [0.15, 0.2) is 0 Å². The van der Waals surface area contributed by atoms with Crippen molar-refractivity contribution in [3.63, 3.8) is 0 Å². The topological polar surface area (TPSA) is 50.8 Å². The minimum atomic E-state index is -0.101. The molecular weight excluding hydrogens is 184 g/mol. The van der Waals surface area contributed by atoms with E-state index in [0.29, 0.717) is 19.0 Å². The number of hydrogen-bond acceptors (Lipinski definition) is 4. The molecule has 1 fully saturated rings. The highest BCUT2D eigenvalue weighted by atomic mass is 16.6. The Bertz CT molecular complexity index is 261. The lowest BCUT2D eigenvalue weighted by Crippen LogP contribution is -2.57. The van der Waals surface area contributed by atoms with E-state index >= 15 is 0 Å². The molecule has 1 saturated heterocycles. The summed E-state index contributed by atoms with van der Waals surface area (Å²) in [6.45, 7) is 2.69. The van der Waals surface area contributed by atoms with E-state index in [0.717, 1.165) is 13.1 Å². The second-order valence-corrected chi connectivity index (χ2v) is 3.43. The van der Waals surface area contributed by atoms with Crippen molar-refractivity contribution in [1.82, 2.24) is 10.2 Å². The van der Waals surface area contributed by atoms with Crippen LogP contribution in [0.5, 0.6) is 0 Å². The summed E-state index contributed by atoms with van der Waals surface area (Å²) in [6, 6.07) is 0.286. The largest absolute Gasteiger partial charge is 0.494 e. The van der Waals surface area contributed by atoms with Crippen molar-refractivity contribution in [2.75, 3.05) is 33.4 Å². The summed E-state index contributed by atoms with van der Waals surface area (Å²) < 4.78 is 10.2. The summed E-state index contributed by atoms with van der Waals surface area (Å²) in [5.74, 6) is 0.210. The molecule has 2 aliphatic heterocycles. The summed E-state index contributed by atoms with van der Waals surface area (Å²) in [7, 11) is 1.78. The van der Waals surface area contributed by atoms with Crippen LogP contribution >= 0.6 is 0 Å². The van der Waals surface area contributed by atoms with Crippen molar-refractivity contribution in [1.29, 1.82) is 0 Å². The van der Waals surface area contributed by atoms with Gasteiger partial charge < -0.3 is 19.7 Å². The summed E-state index contributed by atoms with van der Waals surface area (Å²) in [5.41, 5.74) is 0. The van der Waals surface area contributed by atoms with Crippen LogP contribution in [0.1, 0.15) is 0 Å². The summed E-state index contributed by atoms with van der Waals surface area (Å²) in [4.78, 5) is 13.4. The number of ether oxygens (including phenoxy) is 2. The monoisotopic (exact) mass is 198 g/mol.